The molecule has 1 atom stereocenters. The zero-order chi connectivity index (χ0) is 32.8. The van der Waals surface area contributed by atoms with Gasteiger partial charge in [-0.05, 0) is 74.4 Å². The molecule has 0 aliphatic rings. The molecule has 0 saturated carbocycles. The van der Waals surface area contributed by atoms with Crippen LogP contribution < -0.4 is 9.62 Å². The average Bonchev–Trinajstić information content (AvgIpc) is 2.98. The van der Waals surface area contributed by atoms with Crippen molar-refractivity contribution >= 4 is 66.7 Å². The van der Waals surface area contributed by atoms with Crippen molar-refractivity contribution in [2.24, 2.45) is 0 Å². The predicted molar refractivity (Wildman–Crippen MR) is 184 cm³/mol. The Kier molecular flexibility index (Phi) is 11.4. The first-order valence-electron chi connectivity index (χ1n) is 14.2. The van der Waals surface area contributed by atoms with E-state index in [-0.39, 0.29) is 34.5 Å². The molecule has 45 heavy (non-hydrogen) atoms. The fraction of sp³-hybridized carbons (Fsp3) is 0.235. The summed E-state index contributed by atoms with van der Waals surface area (Å²) in [5.74, 6) is -0.956. The monoisotopic (exact) mass is 729 g/mol. The van der Waals surface area contributed by atoms with E-state index in [4.69, 9.17) is 23.2 Å². The summed E-state index contributed by atoms with van der Waals surface area (Å²) in [5.41, 5.74) is 1.09. The van der Waals surface area contributed by atoms with E-state index >= 15 is 0 Å². The number of nitrogens with zero attached hydrogens (tertiary/aromatic N) is 2. The maximum atomic E-state index is 14.5. The first-order chi connectivity index (χ1) is 21.2. The molecular formula is C34H34BrCl2N3O4S. The summed E-state index contributed by atoms with van der Waals surface area (Å²) in [7, 11) is -4.28. The molecule has 0 spiro atoms. The zero-order valence-corrected chi connectivity index (χ0v) is 29.0. The molecule has 7 nitrogen and oxygen atoms in total. The van der Waals surface area contributed by atoms with E-state index in [9.17, 15) is 18.0 Å². The molecule has 0 radical (unpaired) electrons. The van der Waals surface area contributed by atoms with Gasteiger partial charge in [0.25, 0.3) is 10.0 Å². The Morgan fingerprint density at radius 2 is 1.47 bits per heavy atom. The summed E-state index contributed by atoms with van der Waals surface area (Å²) in [4.78, 5) is 29.9. The number of nitrogens with one attached hydrogen (secondary N) is 1. The fourth-order valence-electron chi connectivity index (χ4n) is 4.76. The second-order valence-electron chi connectivity index (χ2n) is 11.5. The number of hydrogen-bond acceptors (Lipinski definition) is 4. The van der Waals surface area contributed by atoms with Gasteiger partial charge in [0.1, 0.15) is 12.6 Å². The highest BCUT2D eigenvalue weighted by Gasteiger charge is 2.36. The second kappa shape index (κ2) is 14.8. The number of amides is 2. The predicted octanol–water partition coefficient (Wildman–Crippen LogP) is 7.51. The standard InChI is InChI=1S/C34H34BrCl2N3O4S/c1-34(2,3)38-33(42)31(20-24-11-6-4-7-12-24)39(22-25-13-10-14-26(35)19-25)32(41)23-40(30-18-17-27(36)21-29(30)37)45(43,44)28-15-8-5-9-16-28/h4-19,21,31H,20,22-23H2,1-3H3,(H,38,42). The Morgan fingerprint density at radius 3 is 2.07 bits per heavy atom. The van der Waals surface area contributed by atoms with Gasteiger partial charge in [0, 0.05) is 28.0 Å². The number of halogens is 3. The van der Waals surface area contributed by atoms with Crippen LogP contribution in [-0.4, -0.2) is 43.3 Å². The molecule has 4 rings (SSSR count). The Balaban J connectivity index is 1.84. The van der Waals surface area contributed by atoms with Crippen LogP contribution in [0, 0.1) is 0 Å². The first kappa shape index (κ1) is 34.5. The first-order valence-corrected chi connectivity index (χ1v) is 17.2. The maximum Gasteiger partial charge on any atom is 0.264 e. The topological polar surface area (TPSA) is 86.8 Å². The van der Waals surface area contributed by atoms with Crippen molar-refractivity contribution < 1.29 is 18.0 Å². The Morgan fingerprint density at radius 1 is 0.844 bits per heavy atom. The minimum atomic E-state index is -4.28. The lowest BCUT2D eigenvalue weighted by Gasteiger charge is -2.35. The average molecular weight is 732 g/mol. The molecular weight excluding hydrogens is 697 g/mol. The highest BCUT2D eigenvalue weighted by atomic mass is 79.9. The SMILES string of the molecule is CC(C)(C)NC(=O)C(Cc1ccccc1)N(Cc1cccc(Br)c1)C(=O)CN(c1ccc(Cl)cc1Cl)S(=O)(=O)c1ccccc1. The zero-order valence-electron chi connectivity index (χ0n) is 25.1. The van der Waals surface area contributed by atoms with E-state index in [0.29, 0.717) is 5.02 Å². The molecule has 1 N–H and O–H groups in total. The molecule has 11 heteroatoms. The molecule has 1 unspecified atom stereocenters. The summed E-state index contributed by atoms with van der Waals surface area (Å²) < 4.78 is 30.0. The number of carbonyl (C=O) groups is 2. The van der Waals surface area contributed by atoms with Gasteiger partial charge in [0.05, 0.1) is 15.6 Å². The van der Waals surface area contributed by atoms with Gasteiger partial charge in [0.2, 0.25) is 11.8 Å². The van der Waals surface area contributed by atoms with Gasteiger partial charge in [-0.25, -0.2) is 8.42 Å². The normalized spacial score (nSPS) is 12.3. The van der Waals surface area contributed by atoms with Crippen molar-refractivity contribution in [3.63, 3.8) is 0 Å². The van der Waals surface area contributed by atoms with E-state index in [0.717, 1.165) is 19.9 Å². The number of benzene rings is 4. The molecule has 0 saturated heterocycles. The van der Waals surface area contributed by atoms with E-state index in [1.54, 1.807) is 18.2 Å². The van der Waals surface area contributed by atoms with Crippen LogP contribution in [0.4, 0.5) is 5.69 Å². The smallest absolute Gasteiger partial charge is 0.264 e. The van der Waals surface area contributed by atoms with Crippen molar-refractivity contribution in [3.05, 3.63) is 129 Å². The van der Waals surface area contributed by atoms with Gasteiger partial charge in [-0.1, -0.05) is 99.8 Å². The number of sulfonamides is 1. The van der Waals surface area contributed by atoms with Crippen molar-refractivity contribution in [1.29, 1.82) is 0 Å². The Hall–Kier alpha value is -3.37. The minimum absolute atomic E-state index is 0.0198. The van der Waals surface area contributed by atoms with Gasteiger partial charge in [-0.15, -0.1) is 0 Å². The minimum Gasteiger partial charge on any atom is -0.350 e. The third-order valence-corrected chi connectivity index (χ3v) is 9.60. The molecule has 2 amide bonds. The summed E-state index contributed by atoms with van der Waals surface area (Å²) in [6.45, 7) is 5.01. The van der Waals surface area contributed by atoms with Crippen LogP contribution in [0.2, 0.25) is 10.0 Å². The maximum absolute atomic E-state index is 14.5. The lowest BCUT2D eigenvalue weighted by Crippen LogP contribution is -2.56. The third kappa shape index (κ3) is 9.33. The third-order valence-electron chi connectivity index (χ3n) is 6.80. The number of anilines is 1. The van der Waals surface area contributed by atoms with Crippen molar-refractivity contribution in [2.45, 2.75) is 50.2 Å². The van der Waals surface area contributed by atoms with Crippen molar-refractivity contribution in [3.8, 4) is 0 Å². The van der Waals surface area contributed by atoms with E-state index < -0.39 is 34.1 Å². The summed E-state index contributed by atoms with van der Waals surface area (Å²) in [6, 6.07) is 28.0. The summed E-state index contributed by atoms with van der Waals surface area (Å²) in [5, 5.41) is 3.38. The largest absolute Gasteiger partial charge is 0.350 e. The van der Waals surface area contributed by atoms with Crippen molar-refractivity contribution in [2.75, 3.05) is 10.8 Å². The van der Waals surface area contributed by atoms with Crippen LogP contribution in [0.5, 0.6) is 0 Å². The molecule has 4 aromatic rings. The van der Waals surface area contributed by atoms with Gasteiger partial charge in [0.15, 0.2) is 0 Å². The van der Waals surface area contributed by atoms with Gasteiger partial charge >= 0.3 is 0 Å². The van der Waals surface area contributed by atoms with Crippen molar-refractivity contribution in [1.82, 2.24) is 10.2 Å². The molecule has 0 bridgehead atoms. The second-order valence-corrected chi connectivity index (χ2v) is 15.1. The van der Waals surface area contributed by atoms with Crippen LogP contribution in [0.15, 0.2) is 112 Å². The molecule has 0 fully saturated rings. The number of rotatable bonds is 11. The van der Waals surface area contributed by atoms with E-state index in [1.807, 2.05) is 75.4 Å². The quantitative estimate of drug-likeness (QED) is 0.173. The molecule has 0 aromatic heterocycles. The fourth-order valence-corrected chi connectivity index (χ4v) is 7.22. The van der Waals surface area contributed by atoms with Gasteiger partial charge < -0.3 is 10.2 Å². The number of carbonyl (C=O) groups excluding carboxylic acids is 2. The summed E-state index contributed by atoms with van der Waals surface area (Å²) >= 11 is 16.2. The lowest BCUT2D eigenvalue weighted by atomic mass is 10.0. The van der Waals surface area contributed by atoms with E-state index in [1.165, 1.54) is 35.2 Å². The Labute approximate surface area is 283 Å². The molecule has 0 heterocycles. The Bertz CT molecular complexity index is 1750. The molecule has 4 aromatic carbocycles. The van der Waals surface area contributed by atoms with Crippen LogP contribution in [0.25, 0.3) is 0 Å². The molecule has 0 aliphatic carbocycles. The van der Waals surface area contributed by atoms with Crippen LogP contribution in [0.3, 0.4) is 0 Å². The number of hydrogen-bond donors (Lipinski definition) is 1. The highest BCUT2D eigenvalue weighted by Crippen LogP contribution is 2.33. The highest BCUT2D eigenvalue weighted by molar-refractivity contribution is 9.10. The van der Waals surface area contributed by atoms with Crippen LogP contribution >= 0.6 is 39.1 Å². The summed E-state index contributed by atoms with van der Waals surface area (Å²) in [6.07, 6.45) is 0.204. The molecule has 236 valence electrons. The van der Waals surface area contributed by atoms with E-state index in [2.05, 4.69) is 21.2 Å². The van der Waals surface area contributed by atoms with Gasteiger partial charge in [-0.2, -0.15) is 0 Å². The lowest BCUT2D eigenvalue weighted by molar-refractivity contribution is -0.140. The van der Waals surface area contributed by atoms with Crippen LogP contribution in [0.1, 0.15) is 31.9 Å². The van der Waals surface area contributed by atoms with Gasteiger partial charge in [-0.3, -0.25) is 13.9 Å². The molecule has 0 aliphatic heterocycles. The van der Waals surface area contributed by atoms with Crippen LogP contribution in [-0.2, 0) is 32.6 Å².